The molecular formula is C18H20ClN3O2. The molecule has 0 aliphatic carbocycles. The van der Waals surface area contributed by atoms with Gasteiger partial charge in [0.1, 0.15) is 0 Å². The van der Waals surface area contributed by atoms with E-state index in [1.54, 1.807) is 24.3 Å². The SMILES string of the molecule is Cc1cc(N)c(NC(=O)c2ccc(Cl)cc2)cc1N1CCOCC1. The molecule has 0 bridgehead atoms. The number of hydrogen-bond acceptors (Lipinski definition) is 4. The molecule has 2 aromatic rings. The molecule has 0 radical (unpaired) electrons. The van der Waals surface area contributed by atoms with Crippen molar-refractivity contribution in [3.05, 3.63) is 52.5 Å². The van der Waals surface area contributed by atoms with Gasteiger partial charge in [0.2, 0.25) is 0 Å². The van der Waals surface area contributed by atoms with Gasteiger partial charge in [-0.15, -0.1) is 0 Å². The number of nitrogens with zero attached hydrogens (tertiary/aromatic N) is 1. The summed E-state index contributed by atoms with van der Waals surface area (Å²) >= 11 is 5.86. The van der Waals surface area contributed by atoms with Gasteiger partial charge < -0.3 is 20.7 Å². The summed E-state index contributed by atoms with van der Waals surface area (Å²) in [4.78, 5) is 14.7. The molecule has 3 N–H and O–H groups in total. The number of amides is 1. The summed E-state index contributed by atoms with van der Waals surface area (Å²) in [5.41, 5.74) is 9.94. The number of ether oxygens (including phenoxy) is 1. The Morgan fingerprint density at radius 2 is 1.88 bits per heavy atom. The highest BCUT2D eigenvalue weighted by molar-refractivity contribution is 6.30. The van der Waals surface area contributed by atoms with Gasteiger partial charge in [-0.25, -0.2) is 0 Å². The molecular weight excluding hydrogens is 326 g/mol. The lowest BCUT2D eigenvalue weighted by molar-refractivity contribution is 0.102. The second kappa shape index (κ2) is 7.11. The number of anilines is 3. The molecule has 0 saturated carbocycles. The van der Waals surface area contributed by atoms with Gasteiger partial charge >= 0.3 is 0 Å². The number of nitrogens with one attached hydrogen (secondary N) is 1. The lowest BCUT2D eigenvalue weighted by Gasteiger charge is -2.30. The number of carbonyl (C=O) groups is 1. The van der Waals surface area contributed by atoms with E-state index in [0.29, 0.717) is 35.2 Å². The number of rotatable bonds is 3. The van der Waals surface area contributed by atoms with Crippen LogP contribution in [0.25, 0.3) is 0 Å². The van der Waals surface area contributed by atoms with Crippen molar-refractivity contribution in [3.8, 4) is 0 Å². The van der Waals surface area contributed by atoms with Crippen LogP contribution in [0, 0.1) is 6.92 Å². The third-order valence-corrected chi connectivity index (χ3v) is 4.33. The Hall–Kier alpha value is -2.24. The number of hydrogen-bond donors (Lipinski definition) is 2. The molecule has 1 fully saturated rings. The molecule has 1 heterocycles. The maximum atomic E-state index is 12.4. The van der Waals surface area contributed by atoms with Crippen LogP contribution in [0.3, 0.4) is 0 Å². The van der Waals surface area contributed by atoms with Crippen molar-refractivity contribution in [1.29, 1.82) is 0 Å². The molecule has 0 aromatic heterocycles. The molecule has 24 heavy (non-hydrogen) atoms. The highest BCUT2D eigenvalue weighted by Crippen LogP contribution is 2.30. The van der Waals surface area contributed by atoms with E-state index in [-0.39, 0.29) is 5.91 Å². The summed E-state index contributed by atoms with van der Waals surface area (Å²) in [5, 5.41) is 3.48. The number of nitrogen functional groups attached to an aromatic ring is 1. The average molecular weight is 346 g/mol. The van der Waals surface area contributed by atoms with E-state index in [1.165, 1.54) is 0 Å². The minimum atomic E-state index is -0.213. The zero-order valence-electron chi connectivity index (χ0n) is 13.5. The van der Waals surface area contributed by atoms with Crippen LogP contribution in [-0.4, -0.2) is 32.2 Å². The molecule has 0 spiro atoms. The lowest BCUT2D eigenvalue weighted by Crippen LogP contribution is -2.36. The van der Waals surface area contributed by atoms with Crippen molar-refractivity contribution in [2.24, 2.45) is 0 Å². The largest absolute Gasteiger partial charge is 0.397 e. The third-order valence-electron chi connectivity index (χ3n) is 4.07. The van der Waals surface area contributed by atoms with Gasteiger partial charge in [0, 0.05) is 29.4 Å². The second-order valence-electron chi connectivity index (χ2n) is 5.79. The van der Waals surface area contributed by atoms with Crippen LogP contribution in [0.15, 0.2) is 36.4 Å². The van der Waals surface area contributed by atoms with Crippen LogP contribution in [0.1, 0.15) is 15.9 Å². The van der Waals surface area contributed by atoms with Crippen molar-refractivity contribution >= 4 is 34.6 Å². The Labute approximate surface area is 146 Å². The summed E-state index contributed by atoms with van der Waals surface area (Å²) in [6.45, 7) is 5.09. The van der Waals surface area contributed by atoms with E-state index in [0.717, 1.165) is 24.3 Å². The van der Waals surface area contributed by atoms with Crippen molar-refractivity contribution in [2.45, 2.75) is 6.92 Å². The smallest absolute Gasteiger partial charge is 0.255 e. The minimum Gasteiger partial charge on any atom is -0.397 e. The summed E-state index contributed by atoms with van der Waals surface area (Å²) in [6, 6.07) is 10.6. The number of aryl methyl sites for hydroxylation is 1. The van der Waals surface area contributed by atoms with E-state index in [9.17, 15) is 4.79 Å². The highest BCUT2D eigenvalue weighted by atomic mass is 35.5. The average Bonchev–Trinajstić information content (AvgIpc) is 2.58. The molecule has 126 valence electrons. The fraction of sp³-hybridized carbons (Fsp3) is 0.278. The predicted molar refractivity (Wildman–Crippen MR) is 98.0 cm³/mol. The number of benzene rings is 2. The molecule has 2 aromatic carbocycles. The summed E-state index contributed by atoms with van der Waals surface area (Å²) in [7, 11) is 0. The third kappa shape index (κ3) is 3.63. The van der Waals surface area contributed by atoms with E-state index >= 15 is 0 Å². The van der Waals surface area contributed by atoms with Gasteiger partial charge in [-0.3, -0.25) is 4.79 Å². The zero-order chi connectivity index (χ0) is 17.1. The summed E-state index contributed by atoms with van der Waals surface area (Å²) in [5.74, 6) is -0.213. The molecule has 0 unspecified atom stereocenters. The fourth-order valence-corrected chi connectivity index (χ4v) is 2.89. The minimum absolute atomic E-state index is 0.213. The molecule has 6 heteroatoms. The quantitative estimate of drug-likeness (QED) is 0.837. The van der Waals surface area contributed by atoms with Crippen LogP contribution < -0.4 is 16.0 Å². The van der Waals surface area contributed by atoms with Crippen molar-refractivity contribution in [1.82, 2.24) is 0 Å². The topological polar surface area (TPSA) is 67.6 Å². The summed E-state index contributed by atoms with van der Waals surface area (Å²) < 4.78 is 5.40. The van der Waals surface area contributed by atoms with E-state index < -0.39 is 0 Å². The predicted octanol–water partition coefficient (Wildman–Crippen LogP) is 3.32. The van der Waals surface area contributed by atoms with Crippen LogP contribution in [0.4, 0.5) is 17.1 Å². The van der Waals surface area contributed by atoms with Crippen LogP contribution in [-0.2, 0) is 4.74 Å². The Morgan fingerprint density at radius 3 is 2.54 bits per heavy atom. The van der Waals surface area contributed by atoms with Crippen LogP contribution in [0.2, 0.25) is 5.02 Å². The molecule has 1 amide bonds. The molecule has 1 aliphatic heterocycles. The van der Waals surface area contributed by atoms with Gasteiger partial charge in [-0.05, 0) is 48.9 Å². The van der Waals surface area contributed by atoms with Crippen LogP contribution >= 0.6 is 11.6 Å². The molecule has 3 rings (SSSR count). The first kappa shape index (κ1) is 16.6. The first-order valence-corrected chi connectivity index (χ1v) is 8.22. The van der Waals surface area contributed by atoms with Crippen molar-refractivity contribution < 1.29 is 9.53 Å². The molecule has 0 atom stereocenters. The molecule has 5 nitrogen and oxygen atoms in total. The number of morpholine rings is 1. The van der Waals surface area contributed by atoms with Crippen molar-refractivity contribution in [3.63, 3.8) is 0 Å². The van der Waals surface area contributed by atoms with Gasteiger partial charge in [-0.1, -0.05) is 11.6 Å². The Kier molecular flexibility index (Phi) is 4.92. The molecule has 1 saturated heterocycles. The maximum Gasteiger partial charge on any atom is 0.255 e. The summed E-state index contributed by atoms with van der Waals surface area (Å²) in [6.07, 6.45) is 0. The fourth-order valence-electron chi connectivity index (χ4n) is 2.77. The maximum absolute atomic E-state index is 12.4. The highest BCUT2D eigenvalue weighted by Gasteiger charge is 2.16. The first-order chi connectivity index (χ1) is 11.5. The van der Waals surface area contributed by atoms with Gasteiger partial charge in [-0.2, -0.15) is 0 Å². The number of nitrogens with two attached hydrogens (primary N) is 1. The van der Waals surface area contributed by atoms with Crippen molar-refractivity contribution in [2.75, 3.05) is 42.3 Å². The van der Waals surface area contributed by atoms with E-state index in [4.69, 9.17) is 22.1 Å². The Balaban J connectivity index is 1.84. The van der Waals surface area contributed by atoms with Gasteiger partial charge in [0.15, 0.2) is 0 Å². The van der Waals surface area contributed by atoms with Crippen LogP contribution in [0.5, 0.6) is 0 Å². The standard InChI is InChI=1S/C18H20ClN3O2/c1-12-10-15(20)16(11-17(12)22-6-8-24-9-7-22)21-18(23)13-2-4-14(19)5-3-13/h2-5,10-11H,6-9,20H2,1H3,(H,21,23). The van der Waals surface area contributed by atoms with E-state index in [2.05, 4.69) is 10.2 Å². The normalized spacial score (nSPS) is 14.5. The number of halogens is 1. The van der Waals surface area contributed by atoms with Gasteiger partial charge in [0.25, 0.3) is 5.91 Å². The second-order valence-corrected chi connectivity index (χ2v) is 6.22. The lowest BCUT2D eigenvalue weighted by atomic mass is 10.1. The van der Waals surface area contributed by atoms with Gasteiger partial charge in [0.05, 0.1) is 24.6 Å². The molecule has 1 aliphatic rings. The Bertz CT molecular complexity index is 741. The Morgan fingerprint density at radius 1 is 1.21 bits per heavy atom. The zero-order valence-corrected chi connectivity index (χ0v) is 14.3. The monoisotopic (exact) mass is 345 g/mol. The van der Waals surface area contributed by atoms with E-state index in [1.807, 2.05) is 19.1 Å². The first-order valence-electron chi connectivity index (χ1n) is 7.84. The number of carbonyl (C=O) groups excluding carboxylic acids is 1.